The minimum atomic E-state index is -0.735. The lowest BCUT2D eigenvalue weighted by Crippen LogP contribution is -2.38. The maximum atomic E-state index is 13.8. The van der Waals surface area contributed by atoms with Gasteiger partial charge in [0, 0.05) is 32.0 Å². The molecule has 0 aliphatic rings. The Morgan fingerprint density at radius 2 is 1.81 bits per heavy atom. The van der Waals surface area contributed by atoms with E-state index in [0.29, 0.717) is 30.7 Å². The standard InChI is InChI=1S/C18H26F2N4O2/c1-12(21)13(7-6-10-23(2)18(25)24(3)26-4)11-16(22)17-14(19)8-5-9-15(17)20/h5,8-9,11H,6-7,10,21-22H2,1-4H3/b13-12-,16-11-. The number of nitrogens with zero attached hydrogens (tertiary/aromatic N) is 2. The number of nitrogens with two attached hydrogens (primary N) is 2. The van der Waals surface area contributed by atoms with Crippen molar-refractivity contribution in [3.05, 3.63) is 52.7 Å². The largest absolute Gasteiger partial charge is 0.402 e. The van der Waals surface area contributed by atoms with Crippen molar-refractivity contribution in [3.8, 4) is 0 Å². The van der Waals surface area contributed by atoms with E-state index in [1.807, 2.05) is 0 Å². The predicted molar refractivity (Wildman–Crippen MR) is 97.4 cm³/mol. The van der Waals surface area contributed by atoms with Gasteiger partial charge in [-0.2, -0.15) is 0 Å². The number of rotatable bonds is 7. The lowest BCUT2D eigenvalue weighted by Gasteiger charge is -2.22. The zero-order valence-corrected chi connectivity index (χ0v) is 15.6. The summed E-state index contributed by atoms with van der Waals surface area (Å²) in [7, 11) is 4.57. The average Bonchev–Trinajstić information content (AvgIpc) is 2.58. The van der Waals surface area contributed by atoms with Gasteiger partial charge >= 0.3 is 6.03 Å². The van der Waals surface area contributed by atoms with Gasteiger partial charge in [-0.15, -0.1) is 0 Å². The quantitative estimate of drug-likeness (QED) is 0.572. The number of carbonyl (C=O) groups is 1. The monoisotopic (exact) mass is 368 g/mol. The number of hydrogen-bond acceptors (Lipinski definition) is 4. The minimum absolute atomic E-state index is 0.0380. The molecule has 2 amide bonds. The maximum Gasteiger partial charge on any atom is 0.343 e. The van der Waals surface area contributed by atoms with Crippen LogP contribution in [0.3, 0.4) is 0 Å². The summed E-state index contributed by atoms with van der Waals surface area (Å²) < 4.78 is 27.7. The molecule has 0 aliphatic carbocycles. The molecule has 0 unspecified atom stereocenters. The smallest absolute Gasteiger partial charge is 0.343 e. The number of urea groups is 1. The second-order valence-corrected chi connectivity index (χ2v) is 5.89. The van der Waals surface area contributed by atoms with Crippen molar-refractivity contribution >= 4 is 11.7 Å². The van der Waals surface area contributed by atoms with Crippen LogP contribution in [0.15, 0.2) is 35.5 Å². The second-order valence-electron chi connectivity index (χ2n) is 5.89. The predicted octanol–water partition coefficient (Wildman–Crippen LogP) is 2.82. The molecule has 0 heterocycles. The van der Waals surface area contributed by atoms with E-state index in [0.717, 1.165) is 17.2 Å². The Balaban J connectivity index is 2.83. The Hall–Kier alpha value is -2.61. The van der Waals surface area contributed by atoms with Crippen LogP contribution in [0.2, 0.25) is 0 Å². The number of carbonyl (C=O) groups excluding carboxylic acids is 1. The van der Waals surface area contributed by atoms with Gasteiger partial charge in [-0.25, -0.2) is 18.6 Å². The van der Waals surface area contributed by atoms with Gasteiger partial charge in [0.25, 0.3) is 0 Å². The summed E-state index contributed by atoms with van der Waals surface area (Å²) in [5.41, 5.74) is 12.6. The summed E-state index contributed by atoms with van der Waals surface area (Å²) in [4.78, 5) is 18.2. The topological polar surface area (TPSA) is 84.8 Å². The highest BCUT2D eigenvalue weighted by atomic mass is 19.1. The van der Waals surface area contributed by atoms with Crippen LogP contribution in [0.4, 0.5) is 13.6 Å². The second kappa shape index (κ2) is 9.76. The van der Waals surface area contributed by atoms with E-state index >= 15 is 0 Å². The number of hydrogen-bond donors (Lipinski definition) is 2. The molecular weight excluding hydrogens is 342 g/mol. The highest BCUT2D eigenvalue weighted by molar-refractivity contribution is 5.72. The Kier molecular flexibility index (Phi) is 8.05. The van der Waals surface area contributed by atoms with Crippen LogP contribution >= 0.6 is 0 Å². The van der Waals surface area contributed by atoms with E-state index in [1.54, 1.807) is 14.0 Å². The number of halogens is 2. The Bertz CT molecular complexity index is 680. The van der Waals surface area contributed by atoms with Crippen LogP contribution in [-0.2, 0) is 4.84 Å². The van der Waals surface area contributed by atoms with E-state index in [9.17, 15) is 13.6 Å². The van der Waals surface area contributed by atoms with Crippen molar-refractivity contribution in [2.24, 2.45) is 11.5 Å². The van der Waals surface area contributed by atoms with Crippen molar-refractivity contribution in [1.29, 1.82) is 0 Å². The van der Waals surface area contributed by atoms with Gasteiger partial charge in [0.05, 0.1) is 12.7 Å². The third-order valence-electron chi connectivity index (χ3n) is 3.90. The van der Waals surface area contributed by atoms with Gasteiger partial charge in [-0.1, -0.05) is 6.07 Å². The van der Waals surface area contributed by atoms with Crippen LogP contribution in [0.5, 0.6) is 0 Å². The van der Waals surface area contributed by atoms with Crippen LogP contribution in [-0.4, -0.2) is 43.7 Å². The zero-order chi connectivity index (χ0) is 19.9. The molecule has 0 fully saturated rings. The van der Waals surface area contributed by atoms with Crippen molar-refractivity contribution in [2.75, 3.05) is 27.7 Å². The molecule has 144 valence electrons. The molecule has 6 nitrogen and oxygen atoms in total. The first-order chi connectivity index (χ1) is 12.2. The normalized spacial score (nSPS) is 12.6. The zero-order valence-electron chi connectivity index (χ0n) is 15.6. The highest BCUT2D eigenvalue weighted by Gasteiger charge is 2.14. The molecule has 1 aromatic rings. The SMILES string of the molecule is CON(C)C(=O)N(C)CCCC(/C=C(\N)c1c(F)cccc1F)=C(\C)N. The van der Waals surface area contributed by atoms with Crippen molar-refractivity contribution < 1.29 is 18.4 Å². The van der Waals surface area contributed by atoms with Crippen LogP contribution in [0.1, 0.15) is 25.3 Å². The lowest BCUT2D eigenvalue weighted by molar-refractivity contribution is -0.0742. The molecule has 0 spiro atoms. The Morgan fingerprint density at radius 3 is 2.31 bits per heavy atom. The summed E-state index contributed by atoms with van der Waals surface area (Å²) in [5.74, 6) is -1.47. The molecule has 1 aromatic carbocycles. The highest BCUT2D eigenvalue weighted by Crippen LogP contribution is 2.21. The van der Waals surface area contributed by atoms with E-state index in [-0.39, 0.29) is 17.3 Å². The summed E-state index contributed by atoms with van der Waals surface area (Å²) in [5, 5.41) is 1.11. The fourth-order valence-electron chi connectivity index (χ4n) is 2.34. The molecule has 0 bridgehead atoms. The number of allylic oxidation sites excluding steroid dienone is 3. The third kappa shape index (κ3) is 5.73. The first-order valence-corrected chi connectivity index (χ1v) is 8.08. The van der Waals surface area contributed by atoms with Gasteiger partial charge in [0.2, 0.25) is 0 Å². The fraction of sp³-hybridized carbons (Fsp3) is 0.389. The first kappa shape index (κ1) is 21.4. The summed E-state index contributed by atoms with van der Waals surface area (Å²) >= 11 is 0. The van der Waals surface area contributed by atoms with Crippen molar-refractivity contribution in [3.63, 3.8) is 0 Å². The fourth-order valence-corrected chi connectivity index (χ4v) is 2.34. The average molecular weight is 368 g/mol. The molecule has 4 N–H and O–H groups in total. The van der Waals surface area contributed by atoms with E-state index < -0.39 is 11.6 Å². The van der Waals surface area contributed by atoms with E-state index in [4.69, 9.17) is 16.3 Å². The van der Waals surface area contributed by atoms with Gasteiger partial charge in [0.15, 0.2) is 0 Å². The molecular formula is C18H26F2N4O2. The summed E-state index contributed by atoms with van der Waals surface area (Å²) in [6, 6.07) is 3.27. The number of amides is 2. The summed E-state index contributed by atoms with van der Waals surface area (Å²) in [6.07, 6.45) is 2.56. The number of benzene rings is 1. The molecule has 0 saturated carbocycles. The lowest BCUT2D eigenvalue weighted by atomic mass is 10.0. The van der Waals surface area contributed by atoms with Gasteiger partial charge < -0.3 is 16.4 Å². The Labute approximate surface area is 152 Å². The van der Waals surface area contributed by atoms with Gasteiger partial charge in [-0.05, 0) is 43.5 Å². The van der Waals surface area contributed by atoms with E-state index in [1.165, 1.54) is 31.2 Å². The van der Waals surface area contributed by atoms with Gasteiger partial charge in [-0.3, -0.25) is 4.84 Å². The first-order valence-electron chi connectivity index (χ1n) is 8.08. The van der Waals surface area contributed by atoms with Gasteiger partial charge in [0.1, 0.15) is 11.6 Å². The number of hydroxylamine groups is 2. The molecule has 1 rings (SSSR count). The summed E-state index contributed by atoms with van der Waals surface area (Å²) in [6.45, 7) is 2.13. The van der Waals surface area contributed by atoms with Crippen LogP contribution in [0, 0.1) is 11.6 Å². The van der Waals surface area contributed by atoms with Crippen molar-refractivity contribution in [2.45, 2.75) is 19.8 Å². The molecule has 0 atom stereocenters. The Morgan fingerprint density at radius 1 is 1.23 bits per heavy atom. The van der Waals surface area contributed by atoms with Crippen LogP contribution in [0.25, 0.3) is 5.70 Å². The minimum Gasteiger partial charge on any atom is -0.402 e. The van der Waals surface area contributed by atoms with Crippen molar-refractivity contribution in [1.82, 2.24) is 9.96 Å². The molecule has 0 saturated heterocycles. The molecule has 8 heteroatoms. The molecule has 0 aromatic heterocycles. The van der Waals surface area contributed by atoms with Crippen LogP contribution < -0.4 is 11.5 Å². The third-order valence-corrected chi connectivity index (χ3v) is 3.90. The van der Waals surface area contributed by atoms with E-state index in [2.05, 4.69) is 0 Å². The molecule has 26 heavy (non-hydrogen) atoms. The maximum absolute atomic E-state index is 13.8. The molecule has 0 radical (unpaired) electrons. The molecule has 0 aliphatic heterocycles.